The number of halogens is 1. The number of ether oxygens (including phenoxy) is 1. The molecule has 1 aromatic carbocycles. The summed E-state index contributed by atoms with van der Waals surface area (Å²) < 4.78 is 18.2. The van der Waals surface area contributed by atoms with Gasteiger partial charge in [-0.2, -0.15) is 0 Å². The monoisotopic (exact) mass is 262 g/mol. The molecule has 0 atom stereocenters. The molecule has 0 saturated carbocycles. The van der Waals surface area contributed by atoms with Crippen molar-refractivity contribution in [3.05, 3.63) is 52.0 Å². The number of benzene rings is 1. The van der Waals surface area contributed by atoms with Crippen LogP contribution in [0, 0.1) is 17.7 Å². The molecule has 0 aliphatic carbocycles. The van der Waals surface area contributed by atoms with E-state index in [0.29, 0.717) is 12.4 Å². The number of thiophene rings is 1. The van der Waals surface area contributed by atoms with Crippen molar-refractivity contribution in [3.63, 3.8) is 0 Å². The highest BCUT2D eigenvalue weighted by molar-refractivity contribution is 7.10. The number of hydrogen-bond donors (Lipinski definition) is 1. The Labute approximate surface area is 109 Å². The van der Waals surface area contributed by atoms with E-state index in [1.165, 1.54) is 23.5 Å². The molecular weight excluding hydrogens is 251 g/mol. The van der Waals surface area contributed by atoms with Crippen LogP contribution in [0.15, 0.2) is 35.7 Å². The molecule has 0 fully saturated rings. The van der Waals surface area contributed by atoms with Gasteiger partial charge in [0.15, 0.2) is 0 Å². The molecule has 4 heteroatoms. The van der Waals surface area contributed by atoms with Crippen molar-refractivity contribution in [2.75, 3.05) is 6.61 Å². The first-order chi connectivity index (χ1) is 8.79. The second kappa shape index (κ2) is 6.20. The van der Waals surface area contributed by atoms with Crippen LogP contribution < -0.4 is 4.74 Å². The van der Waals surface area contributed by atoms with Crippen LogP contribution in [-0.2, 0) is 6.61 Å². The first-order valence-electron chi connectivity index (χ1n) is 5.34. The van der Waals surface area contributed by atoms with E-state index in [2.05, 4.69) is 11.8 Å². The third-order valence-electron chi connectivity index (χ3n) is 2.23. The zero-order valence-electron chi connectivity index (χ0n) is 9.52. The summed E-state index contributed by atoms with van der Waals surface area (Å²) in [6.07, 6.45) is 0. The minimum atomic E-state index is -0.284. The van der Waals surface area contributed by atoms with Gasteiger partial charge in [-0.3, -0.25) is 0 Å². The normalized spacial score (nSPS) is 9.67. The quantitative estimate of drug-likeness (QED) is 0.862. The summed E-state index contributed by atoms with van der Waals surface area (Å²) in [6.45, 7) is 0.229. The van der Waals surface area contributed by atoms with Crippen LogP contribution >= 0.6 is 11.3 Å². The summed E-state index contributed by atoms with van der Waals surface area (Å²) in [5, 5.41) is 10.6. The van der Waals surface area contributed by atoms with Gasteiger partial charge in [-0.25, -0.2) is 4.39 Å². The van der Waals surface area contributed by atoms with E-state index >= 15 is 0 Å². The zero-order chi connectivity index (χ0) is 12.8. The summed E-state index contributed by atoms with van der Waals surface area (Å²) in [5.41, 5.74) is 0.858. The molecule has 2 rings (SSSR count). The summed E-state index contributed by atoms with van der Waals surface area (Å²) in [7, 11) is 0. The molecule has 0 aliphatic rings. The topological polar surface area (TPSA) is 29.5 Å². The maximum absolute atomic E-state index is 12.7. The van der Waals surface area contributed by atoms with E-state index in [0.717, 1.165) is 10.4 Å². The molecular formula is C14H11FO2S. The molecule has 0 amide bonds. The fourth-order valence-electron chi connectivity index (χ4n) is 1.38. The summed E-state index contributed by atoms with van der Waals surface area (Å²) in [4.78, 5) is 0.986. The molecule has 0 spiro atoms. The molecule has 2 nitrogen and oxygen atoms in total. The van der Waals surface area contributed by atoms with Crippen molar-refractivity contribution in [2.24, 2.45) is 0 Å². The largest absolute Gasteiger partial charge is 0.488 e. The van der Waals surface area contributed by atoms with Crippen LogP contribution in [0.2, 0.25) is 0 Å². The second-order valence-corrected chi connectivity index (χ2v) is 4.46. The molecule has 1 N–H and O–H groups in total. The Hall–Kier alpha value is -1.83. The van der Waals surface area contributed by atoms with Crippen LogP contribution in [0.1, 0.15) is 10.4 Å². The van der Waals surface area contributed by atoms with Gasteiger partial charge in [0, 0.05) is 5.56 Å². The predicted molar refractivity (Wildman–Crippen MR) is 69.0 cm³/mol. The highest BCUT2D eigenvalue weighted by Gasteiger charge is 2.03. The molecule has 0 saturated heterocycles. The number of rotatable bonds is 3. The number of hydrogen-bond acceptors (Lipinski definition) is 3. The Balaban J connectivity index is 2.02. The predicted octanol–water partition coefficient (Wildman–Crippen LogP) is 2.81. The molecule has 1 heterocycles. The second-order valence-electron chi connectivity index (χ2n) is 3.46. The van der Waals surface area contributed by atoms with Gasteiger partial charge < -0.3 is 9.84 Å². The Morgan fingerprint density at radius 2 is 2.00 bits per heavy atom. The third kappa shape index (κ3) is 3.33. The lowest BCUT2D eigenvalue weighted by Gasteiger charge is -2.04. The molecule has 2 aromatic rings. The van der Waals surface area contributed by atoms with Gasteiger partial charge in [0.05, 0.1) is 4.88 Å². The number of aliphatic hydroxyl groups is 1. The maximum atomic E-state index is 12.7. The van der Waals surface area contributed by atoms with Crippen LogP contribution in [0.3, 0.4) is 0 Å². The Morgan fingerprint density at radius 3 is 2.72 bits per heavy atom. The summed E-state index contributed by atoms with van der Waals surface area (Å²) >= 11 is 1.54. The van der Waals surface area contributed by atoms with E-state index in [9.17, 15) is 4.39 Å². The highest BCUT2D eigenvalue weighted by atomic mass is 32.1. The average Bonchev–Trinajstić information content (AvgIpc) is 2.83. The molecule has 0 unspecified atom stereocenters. The van der Waals surface area contributed by atoms with Crippen molar-refractivity contribution >= 4 is 11.3 Å². The first-order valence-corrected chi connectivity index (χ1v) is 6.22. The molecule has 0 bridgehead atoms. The van der Waals surface area contributed by atoms with Gasteiger partial charge in [0.2, 0.25) is 0 Å². The molecule has 92 valence electrons. The summed E-state index contributed by atoms with van der Waals surface area (Å²) in [6, 6.07) is 7.77. The lowest BCUT2D eigenvalue weighted by Crippen LogP contribution is -1.95. The maximum Gasteiger partial charge on any atom is 0.124 e. The Kier molecular flexibility index (Phi) is 4.35. The Bertz CT molecular complexity index is 563. The Morgan fingerprint density at radius 1 is 1.22 bits per heavy atom. The van der Waals surface area contributed by atoms with Crippen molar-refractivity contribution in [3.8, 4) is 17.6 Å². The fraction of sp³-hybridized carbons (Fsp3) is 0.143. The lowest BCUT2D eigenvalue weighted by molar-refractivity contribution is 0.309. The van der Waals surface area contributed by atoms with Gasteiger partial charge in [-0.1, -0.05) is 11.8 Å². The lowest BCUT2D eigenvalue weighted by atomic mass is 10.2. The molecule has 0 aliphatic heterocycles. The minimum Gasteiger partial charge on any atom is -0.488 e. The van der Waals surface area contributed by atoms with Crippen molar-refractivity contribution in [1.82, 2.24) is 0 Å². The van der Waals surface area contributed by atoms with Gasteiger partial charge in [0.1, 0.15) is 24.8 Å². The third-order valence-corrected chi connectivity index (χ3v) is 3.13. The zero-order valence-corrected chi connectivity index (χ0v) is 10.3. The van der Waals surface area contributed by atoms with Gasteiger partial charge >= 0.3 is 0 Å². The highest BCUT2D eigenvalue weighted by Crippen LogP contribution is 2.19. The van der Waals surface area contributed by atoms with Gasteiger partial charge in [-0.15, -0.1) is 11.3 Å². The van der Waals surface area contributed by atoms with E-state index in [4.69, 9.17) is 9.84 Å². The van der Waals surface area contributed by atoms with E-state index in [-0.39, 0.29) is 12.4 Å². The first kappa shape index (κ1) is 12.6. The fourth-order valence-corrected chi connectivity index (χ4v) is 2.12. The molecule has 0 radical (unpaired) electrons. The van der Waals surface area contributed by atoms with Gasteiger partial charge in [-0.05, 0) is 35.7 Å². The van der Waals surface area contributed by atoms with E-state index in [1.807, 2.05) is 11.4 Å². The number of aliphatic hydroxyl groups excluding tert-OH is 1. The van der Waals surface area contributed by atoms with Gasteiger partial charge in [0.25, 0.3) is 0 Å². The van der Waals surface area contributed by atoms with E-state index in [1.54, 1.807) is 12.1 Å². The smallest absolute Gasteiger partial charge is 0.124 e. The van der Waals surface area contributed by atoms with Crippen molar-refractivity contribution in [1.29, 1.82) is 0 Å². The SMILES string of the molecule is OCC#Cc1ccsc1COc1ccc(F)cc1. The van der Waals surface area contributed by atoms with Crippen molar-refractivity contribution < 1.29 is 14.2 Å². The minimum absolute atomic E-state index is 0.159. The van der Waals surface area contributed by atoms with Crippen LogP contribution in [0.4, 0.5) is 4.39 Å². The van der Waals surface area contributed by atoms with Crippen molar-refractivity contribution in [2.45, 2.75) is 6.61 Å². The van der Waals surface area contributed by atoms with Crippen LogP contribution in [-0.4, -0.2) is 11.7 Å². The molecule has 18 heavy (non-hydrogen) atoms. The molecule has 1 aromatic heterocycles. The summed E-state index contributed by atoms with van der Waals surface area (Å²) in [5.74, 6) is 5.79. The van der Waals surface area contributed by atoms with E-state index < -0.39 is 0 Å². The van der Waals surface area contributed by atoms with Crippen LogP contribution in [0.5, 0.6) is 5.75 Å². The average molecular weight is 262 g/mol. The standard InChI is InChI=1S/C14H11FO2S/c15-12-3-5-13(6-4-12)17-10-14-11(2-1-8-16)7-9-18-14/h3-7,9,16H,8,10H2. The van der Waals surface area contributed by atoms with Crippen LogP contribution in [0.25, 0.3) is 0 Å².